The number of rotatable bonds is 3. The number of anilines is 1. The molecule has 0 spiro atoms. The fraction of sp³-hybridized carbons (Fsp3) is 0.467. The number of ether oxygens (including phenoxy) is 1. The Balaban J connectivity index is 2.01. The fourth-order valence-corrected chi connectivity index (χ4v) is 3.11. The number of halogens is 1. The minimum Gasteiger partial charge on any atom is -0.497 e. The van der Waals surface area contributed by atoms with Gasteiger partial charge in [-0.1, -0.05) is 0 Å². The van der Waals surface area contributed by atoms with Gasteiger partial charge in [0.05, 0.1) is 12.8 Å². The van der Waals surface area contributed by atoms with E-state index in [1.54, 1.807) is 25.0 Å². The van der Waals surface area contributed by atoms with Crippen LogP contribution in [0.2, 0.25) is 0 Å². The average Bonchev–Trinajstić information content (AvgIpc) is 3.29. The highest BCUT2D eigenvalue weighted by Crippen LogP contribution is 2.38. The highest BCUT2D eigenvalue weighted by atomic mass is 79.9. The lowest BCUT2D eigenvalue weighted by atomic mass is 10.0. The predicted octanol–water partition coefficient (Wildman–Crippen LogP) is 2.09. The van der Waals surface area contributed by atoms with E-state index in [1.165, 1.54) is 0 Å². The molecule has 1 N–H and O–H groups in total. The van der Waals surface area contributed by atoms with E-state index in [-0.39, 0.29) is 17.7 Å². The summed E-state index contributed by atoms with van der Waals surface area (Å²) in [6.45, 7) is 1.74. The van der Waals surface area contributed by atoms with Gasteiger partial charge in [-0.25, -0.2) is 0 Å². The molecule has 2 aliphatic rings. The van der Waals surface area contributed by atoms with Crippen LogP contribution in [0.25, 0.3) is 0 Å². The number of nitrogens with zero attached hydrogens (tertiary/aromatic N) is 1. The van der Waals surface area contributed by atoms with Gasteiger partial charge in [-0.3, -0.25) is 14.5 Å². The number of carbonyl (C=O) groups is 2. The Hall–Kier alpha value is -1.56. The van der Waals surface area contributed by atoms with Crippen LogP contribution in [0, 0.1) is 5.92 Å². The first-order valence-electron chi connectivity index (χ1n) is 7.00. The lowest BCUT2D eigenvalue weighted by Crippen LogP contribution is -2.63. The van der Waals surface area contributed by atoms with Crippen molar-refractivity contribution in [2.24, 2.45) is 5.92 Å². The fourth-order valence-electron chi connectivity index (χ4n) is 2.67. The number of amides is 2. The van der Waals surface area contributed by atoms with Gasteiger partial charge in [0.1, 0.15) is 17.8 Å². The van der Waals surface area contributed by atoms with Gasteiger partial charge in [0.25, 0.3) is 5.91 Å². The summed E-state index contributed by atoms with van der Waals surface area (Å²) in [5, 5.41) is 2.85. The van der Waals surface area contributed by atoms with Crippen molar-refractivity contribution in [3.8, 4) is 5.75 Å². The molecule has 2 unspecified atom stereocenters. The van der Waals surface area contributed by atoms with Crippen LogP contribution >= 0.6 is 15.9 Å². The Morgan fingerprint density at radius 3 is 2.67 bits per heavy atom. The maximum atomic E-state index is 12.8. The van der Waals surface area contributed by atoms with Crippen molar-refractivity contribution in [2.75, 3.05) is 12.0 Å². The molecule has 0 bridgehead atoms. The topological polar surface area (TPSA) is 58.6 Å². The number of nitrogens with one attached hydrogen (secondary N) is 1. The number of piperazine rings is 1. The lowest BCUT2D eigenvalue weighted by Gasteiger charge is -2.38. The highest BCUT2D eigenvalue weighted by molar-refractivity contribution is 9.10. The second-order valence-corrected chi connectivity index (χ2v) is 6.38. The van der Waals surface area contributed by atoms with E-state index in [1.807, 2.05) is 12.1 Å². The van der Waals surface area contributed by atoms with Crippen LogP contribution in [0.5, 0.6) is 5.75 Å². The number of hydrogen-bond acceptors (Lipinski definition) is 3. The molecular formula is C15H17BrN2O3. The van der Waals surface area contributed by atoms with Gasteiger partial charge in [-0.15, -0.1) is 0 Å². The molecule has 21 heavy (non-hydrogen) atoms. The summed E-state index contributed by atoms with van der Waals surface area (Å²) >= 11 is 3.46. The van der Waals surface area contributed by atoms with Crippen molar-refractivity contribution >= 4 is 33.4 Å². The summed E-state index contributed by atoms with van der Waals surface area (Å²) in [5.41, 5.74) is 0.673. The Bertz CT molecular complexity index is 601. The van der Waals surface area contributed by atoms with Gasteiger partial charge in [0.2, 0.25) is 5.91 Å². The second-order valence-electron chi connectivity index (χ2n) is 5.53. The molecule has 1 aromatic carbocycles. The Kier molecular flexibility index (Phi) is 3.65. The predicted molar refractivity (Wildman–Crippen MR) is 82.3 cm³/mol. The molecule has 1 saturated carbocycles. The van der Waals surface area contributed by atoms with Gasteiger partial charge in [-0.2, -0.15) is 0 Å². The first-order valence-corrected chi connectivity index (χ1v) is 7.79. The summed E-state index contributed by atoms with van der Waals surface area (Å²) in [6.07, 6.45) is 2.00. The van der Waals surface area contributed by atoms with E-state index >= 15 is 0 Å². The molecule has 1 heterocycles. The molecule has 0 radical (unpaired) electrons. The highest BCUT2D eigenvalue weighted by Gasteiger charge is 2.46. The molecule has 1 saturated heterocycles. The summed E-state index contributed by atoms with van der Waals surface area (Å²) in [6, 6.07) is 4.49. The van der Waals surface area contributed by atoms with Crippen LogP contribution in [-0.4, -0.2) is 31.0 Å². The van der Waals surface area contributed by atoms with E-state index in [9.17, 15) is 9.59 Å². The van der Waals surface area contributed by atoms with Crippen molar-refractivity contribution in [1.82, 2.24) is 5.32 Å². The zero-order valence-corrected chi connectivity index (χ0v) is 13.5. The number of methoxy groups -OCH3 is 1. The van der Waals surface area contributed by atoms with Crippen molar-refractivity contribution in [3.63, 3.8) is 0 Å². The van der Waals surface area contributed by atoms with Crippen LogP contribution < -0.4 is 15.0 Å². The molecule has 6 heteroatoms. The molecule has 3 rings (SSSR count). The molecule has 0 aromatic heterocycles. The molecule has 2 amide bonds. The maximum Gasteiger partial charge on any atom is 0.250 e. The van der Waals surface area contributed by atoms with E-state index in [0.717, 1.165) is 17.3 Å². The van der Waals surface area contributed by atoms with Gasteiger partial charge < -0.3 is 10.1 Å². The molecule has 1 aromatic rings. The third kappa shape index (κ3) is 2.52. The summed E-state index contributed by atoms with van der Waals surface area (Å²) in [4.78, 5) is 26.5. The van der Waals surface area contributed by atoms with E-state index < -0.39 is 12.1 Å². The number of benzene rings is 1. The molecule has 5 nitrogen and oxygen atoms in total. The van der Waals surface area contributed by atoms with Gasteiger partial charge in [0, 0.05) is 10.5 Å². The van der Waals surface area contributed by atoms with Gasteiger partial charge in [-0.05, 0) is 53.7 Å². The van der Waals surface area contributed by atoms with Crippen molar-refractivity contribution in [2.45, 2.75) is 31.8 Å². The van der Waals surface area contributed by atoms with Gasteiger partial charge >= 0.3 is 0 Å². The van der Waals surface area contributed by atoms with Crippen molar-refractivity contribution in [1.29, 1.82) is 0 Å². The Morgan fingerprint density at radius 1 is 1.33 bits per heavy atom. The third-order valence-electron chi connectivity index (χ3n) is 4.07. The maximum absolute atomic E-state index is 12.8. The molecule has 1 aliphatic heterocycles. The van der Waals surface area contributed by atoms with E-state index in [0.29, 0.717) is 11.4 Å². The van der Waals surface area contributed by atoms with Crippen LogP contribution in [0.4, 0.5) is 5.69 Å². The summed E-state index contributed by atoms with van der Waals surface area (Å²) in [5.74, 6) is 0.780. The molecule has 2 fully saturated rings. The summed E-state index contributed by atoms with van der Waals surface area (Å²) < 4.78 is 6.00. The number of hydrogen-bond donors (Lipinski definition) is 1. The Labute approximate surface area is 131 Å². The normalized spacial score (nSPS) is 25.8. The largest absolute Gasteiger partial charge is 0.497 e. The number of carbonyl (C=O) groups excluding carboxylic acids is 2. The second kappa shape index (κ2) is 5.33. The zero-order valence-electron chi connectivity index (χ0n) is 11.9. The zero-order chi connectivity index (χ0) is 15.1. The monoisotopic (exact) mass is 352 g/mol. The van der Waals surface area contributed by atoms with Crippen LogP contribution in [-0.2, 0) is 9.59 Å². The van der Waals surface area contributed by atoms with Crippen LogP contribution in [0.3, 0.4) is 0 Å². The van der Waals surface area contributed by atoms with Crippen molar-refractivity contribution in [3.05, 3.63) is 22.7 Å². The minimum atomic E-state index is -0.532. The van der Waals surface area contributed by atoms with Gasteiger partial charge in [0.15, 0.2) is 0 Å². The lowest BCUT2D eigenvalue weighted by molar-refractivity contribution is -0.134. The molecule has 1 aliphatic carbocycles. The first kappa shape index (κ1) is 14.4. The molecule has 112 valence electrons. The van der Waals surface area contributed by atoms with E-state index in [4.69, 9.17) is 4.74 Å². The third-order valence-corrected chi connectivity index (χ3v) is 4.74. The van der Waals surface area contributed by atoms with Crippen molar-refractivity contribution < 1.29 is 14.3 Å². The minimum absolute atomic E-state index is 0.0430. The van der Waals surface area contributed by atoms with Crippen LogP contribution in [0.1, 0.15) is 19.8 Å². The quantitative estimate of drug-likeness (QED) is 0.905. The average molecular weight is 353 g/mol. The first-order chi connectivity index (χ1) is 10.0. The van der Waals surface area contributed by atoms with Crippen LogP contribution in [0.15, 0.2) is 22.7 Å². The SMILES string of the molecule is COc1ccc(Br)c(N2C(=O)C(C3CC3)NC(=O)C2C)c1. The standard InChI is InChI=1S/C15H17BrN2O3/c1-8-14(19)17-13(9-3-4-9)15(20)18(8)12-7-10(21-2)5-6-11(12)16/h5-9,13H,3-4H2,1-2H3,(H,17,19). The van der Waals surface area contributed by atoms with E-state index in [2.05, 4.69) is 21.2 Å². The molecule has 2 atom stereocenters. The smallest absolute Gasteiger partial charge is 0.250 e. The molecular weight excluding hydrogens is 336 g/mol. The summed E-state index contributed by atoms with van der Waals surface area (Å²) in [7, 11) is 1.58. The Morgan fingerprint density at radius 2 is 2.05 bits per heavy atom.